The van der Waals surface area contributed by atoms with Gasteiger partial charge in [-0.3, -0.25) is 4.79 Å². The second-order valence-electron chi connectivity index (χ2n) is 5.00. The van der Waals surface area contributed by atoms with Crippen molar-refractivity contribution in [1.29, 1.82) is 0 Å². The molecule has 0 spiro atoms. The summed E-state index contributed by atoms with van der Waals surface area (Å²) in [6.45, 7) is 3.21. The van der Waals surface area contributed by atoms with E-state index in [4.69, 9.17) is 16.3 Å². The molecule has 6 heteroatoms. The maximum absolute atomic E-state index is 12.3. The van der Waals surface area contributed by atoms with E-state index in [-0.39, 0.29) is 12.0 Å². The van der Waals surface area contributed by atoms with Gasteiger partial charge < -0.3 is 9.64 Å². The molecule has 21 heavy (non-hydrogen) atoms. The fraction of sp³-hybridized carbons (Fsp3) is 0.333. The normalized spacial score (nSPS) is 18.0. The average molecular weight is 323 g/mol. The fourth-order valence-electron chi connectivity index (χ4n) is 2.35. The number of aryl methyl sites for hydroxylation is 1. The Hall–Kier alpha value is -1.59. The fourth-order valence-corrected chi connectivity index (χ4v) is 3.36. The van der Waals surface area contributed by atoms with Gasteiger partial charge in [0.25, 0.3) is 5.91 Å². The van der Waals surface area contributed by atoms with Gasteiger partial charge in [-0.15, -0.1) is 11.3 Å². The summed E-state index contributed by atoms with van der Waals surface area (Å²) in [6.07, 6.45) is 0.819. The molecule has 2 aromatic rings. The summed E-state index contributed by atoms with van der Waals surface area (Å²) in [5.74, 6) is 0.642. The smallest absolute Gasteiger partial charge is 0.264 e. The number of likely N-dealkylation sites (tertiary alicyclic amines) is 1. The molecule has 2 aromatic heterocycles. The lowest BCUT2D eigenvalue weighted by Gasteiger charge is -2.16. The average Bonchev–Trinajstić information content (AvgIpc) is 3.07. The molecule has 3 heterocycles. The van der Waals surface area contributed by atoms with Gasteiger partial charge >= 0.3 is 0 Å². The quantitative estimate of drug-likeness (QED) is 0.869. The SMILES string of the molecule is Cc1cccc(OC2CCN(C(=O)c3ccc(Cl)s3)C2)n1. The molecule has 4 nitrogen and oxygen atoms in total. The van der Waals surface area contributed by atoms with Crippen LogP contribution in [0.2, 0.25) is 4.34 Å². The van der Waals surface area contributed by atoms with Crippen LogP contribution < -0.4 is 4.74 Å². The second kappa shape index (κ2) is 6.03. The number of halogens is 1. The van der Waals surface area contributed by atoms with Gasteiger partial charge in [-0.2, -0.15) is 0 Å². The van der Waals surface area contributed by atoms with E-state index in [2.05, 4.69) is 4.98 Å². The molecule has 0 radical (unpaired) electrons. The number of thiophene rings is 1. The summed E-state index contributed by atoms with van der Waals surface area (Å²) >= 11 is 7.19. The lowest BCUT2D eigenvalue weighted by atomic mass is 10.3. The van der Waals surface area contributed by atoms with Crippen molar-refractivity contribution in [2.45, 2.75) is 19.4 Å². The van der Waals surface area contributed by atoms with Crippen molar-refractivity contribution in [3.05, 3.63) is 45.2 Å². The monoisotopic (exact) mass is 322 g/mol. The highest BCUT2D eigenvalue weighted by molar-refractivity contribution is 7.17. The standard InChI is InChI=1S/C15H15ClN2O2S/c1-10-3-2-4-14(17-10)20-11-7-8-18(9-11)15(19)12-5-6-13(16)21-12/h2-6,11H,7-9H2,1H3. The van der Waals surface area contributed by atoms with Crippen LogP contribution >= 0.6 is 22.9 Å². The Morgan fingerprint density at radius 1 is 1.43 bits per heavy atom. The van der Waals surface area contributed by atoms with Crippen molar-refractivity contribution in [2.24, 2.45) is 0 Å². The summed E-state index contributed by atoms with van der Waals surface area (Å²) in [4.78, 5) is 19.1. The molecule has 1 amide bonds. The van der Waals surface area contributed by atoms with E-state index < -0.39 is 0 Å². The van der Waals surface area contributed by atoms with E-state index in [1.165, 1.54) is 11.3 Å². The summed E-state index contributed by atoms with van der Waals surface area (Å²) in [6, 6.07) is 9.21. The predicted octanol–water partition coefficient (Wildman–Crippen LogP) is 3.40. The van der Waals surface area contributed by atoms with E-state index in [0.717, 1.165) is 12.1 Å². The second-order valence-corrected chi connectivity index (χ2v) is 6.72. The minimum Gasteiger partial charge on any atom is -0.472 e. The highest BCUT2D eigenvalue weighted by atomic mass is 35.5. The first kappa shape index (κ1) is 14.4. The van der Waals surface area contributed by atoms with Crippen molar-refractivity contribution < 1.29 is 9.53 Å². The molecule has 0 N–H and O–H groups in total. The third-order valence-electron chi connectivity index (χ3n) is 3.37. The number of aromatic nitrogens is 1. The van der Waals surface area contributed by atoms with E-state index >= 15 is 0 Å². The zero-order valence-corrected chi connectivity index (χ0v) is 13.2. The predicted molar refractivity (Wildman–Crippen MR) is 83.2 cm³/mol. The zero-order chi connectivity index (χ0) is 14.8. The van der Waals surface area contributed by atoms with E-state index in [9.17, 15) is 4.79 Å². The Balaban J connectivity index is 1.61. The van der Waals surface area contributed by atoms with Gasteiger partial charge in [-0.05, 0) is 25.1 Å². The first-order valence-electron chi connectivity index (χ1n) is 6.77. The molecule has 110 valence electrons. The third kappa shape index (κ3) is 3.36. The Labute approximate surface area is 132 Å². The van der Waals surface area contributed by atoms with Crippen LogP contribution in [0.3, 0.4) is 0 Å². The van der Waals surface area contributed by atoms with Crippen molar-refractivity contribution >= 4 is 28.8 Å². The number of pyridine rings is 1. The number of rotatable bonds is 3. The molecule has 0 aromatic carbocycles. The maximum Gasteiger partial charge on any atom is 0.264 e. The van der Waals surface area contributed by atoms with Crippen LogP contribution in [0.5, 0.6) is 5.88 Å². The number of carbonyl (C=O) groups is 1. The van der Waals surface area contributed by atoms with E-state index in [1.54, 1.807) is 12.1 Å². The van der Waals surface area contributed by atoms with Crippen molar-refractivity contribution in [3.8, 4) is 5.88 Å². The van der Waals surface area contributed by atoms with Crippen LogP contribution in [-0.4, -0.2) is 35.0 Å². The summed E-state index contributed by atoms with van der Waals surface area (Å²) < 4.78 is 6.48. The van der Waals surface area contributed by atoms with E-state index in [0.29, 0.717) is 28.2 Å². The van der Waals surface area contributed by atoms with Crippen LogP contribution in [0.4, 0.5) is 0 Å². The number of hydrogen-bond acceptors (Lipinski definition) is 4. The summed E-state index contributed by atoms with van der Waals surface area (Å²) in [5.41, 5.74) is 0.923. The lowest BCUT2D eigenvalue weighted by molar-refractivity contribution is 0.0776. The summed E-state index contributed by atoms with van der Waals surface area (Å²) in [7, 11) is 0. The van der Waals surface area contributed by atoms with Gasteiger partial charge in [0.2, 0.25) is 5.88 Å². The largest absolute Gasteiger partial charge is 0.472 e. The van der Waals surface area contributed by atoms with Crippen LogP contribution in [0.15, 0.2) is 30.3 Å². The Morgan fingerprint density at radius 3 is 3.00 bits per heavy atom. The number of hydrogen-bond donors (Lipinski definition) is 0. The van der Waals surface area contributed by atoms with Crippen molar-refractivity contribution in [1.82, 2.24) is 9.88 Å². The molecule has 0 aliphatic carbocycles. The maximum atomic E-state index is 12.3. The molecule has 1 fully saturated rings. The highest BCUT2D eigenvalue weighted by Crippen LogP contribution is 2.25. The Kier molecular flexibility index (Phi) is 4.12. The first-order chi connectivity index (χ1) is 10.1. The molecular weight excluding hydrogens is 308 g/mol. The van der Waals surface area contributed by atoms with E-state index in [1.807, 2.05) is 30.0 Å². The first-order valence-corrected chi connectivity index (χ1v) is 7.96. The topological polar surface area (TPSA) is 42.4 Å². The van der Waals surface area contributed by atoms with Gasteiger partial charge in [-0.25, -0.2) is 4.98 Å². The van der Waals surface area contributed by atoms with Gasteiger partial charge in [0.1, 0.15) is 6.10 Å². The molecule has 0 bridgehead atoms. The molecule has 1 unspecified atom stereocenters. The number of amides is 1. The molecule has 1 aliphatic heterocycles. The van der Waals surface area contributed by atoms with Gasteiger partial charge in [0.05, 0.1) is 15.8 Å². The van der Waals surface area contributed by atoms with Crippen molar-refractivity contribution in [2.75, 3.05) is 13.1 Å². The number of ether oxygens (including phenoxy) is 1. The van der Waals surface area contributed by atoms with Crippen LogP contribution in [0.1, 0.15) is 21.8 Å². The number of carbonyl (C=O) groups excluding carboxylic acids is 1. The minimum absolute atomic E-state index is 0.00122. The lowest BCUT2D eigenvalue weighted by Crippen LogP contribution is -2.30. The molecular formula is C15H15ClN2O2S. The molecule has 0 saturated carbocycles. The Bertz CT molecular complexity index is 659. The third-order valence-corrected chi connectivity index (χ3v) is 4.59. The highest BCUT2D eigenvalue weighted by Gasteiger charge is 2.29. The molecule has 1 aliphatic rings. The minimum atomic E-state index is -0.00122. The van der Waals surface area contributed by atoms with Crippen molar-refractivity contribution in [3.63, 3.8) is 0 Å². The zero-order valence-electron chi connectivity index (χ0n) is 11.6. The molecule has 1 atom stereocenters. The van der Waals surface area contributed by atoms with Gasteiger partial charge in [0.15, 0.2) is 0 Å². The molecule has 1 saturated heterocycles. The van der Waals surface area contributed by atoms with Crippen LogP contribution in [0.25, 0.3) is 0 Å². The van der Waals surface area contributed by atoms with Gasteiger partial charge in [-0.1, -0.05) is 17.7 Å². The Morgan fingerprint density at radius 2 is 2.29 bits per heavy atom. The molecule has 3 rings (SSSR count). The van der Waals surface area contributed by atoms with Gasteiger partial charge in [0, 0.05) is 24.7 Å². The van der Waals surface area contributed by atoms with Crippen LogP contribution in [-0.2, 0) is 0 Å². The number of nitrogens with zero attached hydrogens (tertiary/aromatic N) is 2. The van der Waals surface area contributed by atoms with Crippen LogP contribution in [0, 0.1) is 6.92 Å². The summed E-state index contributed by atoms with van der Waals surface area (Å²) in [5, 5.41) is 0.